The zero-order chi connectivity index (χ0) is 11.5. The van der Waals surface area contributed by atoms with Crippen molar-refractivity contribution < 1.29 is 13.6 Å². The van der Waals surface area contributed by atoms with Gasteiger partial charge in [-0.05, 0) is 0 Å². The zero-order valence-electron chi connectivity index (χ0n) is 8.06. The third kappa shape index (κ3) is 2.14. The third-order valence-electron chi connectivity index (χ3n) is 2.05. The first-order valence-electron chi connectivity index (χ1n) is 4.50. The smallest absolute Gasteiger partial charge is 0.263 e. The zero-order valence-corrected chi connectivity index (χ0v) is 8.88. The lowest BCUT2D eigenvalue weighted by molar-refractivity contribution is 0.111. The number of carbonyl (C=O) groups excluding carboxylic acids is 1. The molecule has 0 aliphatic carbocycles. The summed E-state index contributed by atoms with van der Waals surface area (Å²) in [6.45, 7) is 0. The molecule has 1 aromatic carbocycles. The normalized spacial score (nSPS) is 10.7. The summed E-state index contributed by atoms with van der Waals surface area (Å²) in [7, 11) is 0. The van der Waals surface area contributed by atoms with Crippen LogP contribution in [-0.2, 0) is 0 Å². The van der Waals surface area contributed by atoms with Crippen LogP contribution in [0.3, 0.4) is 0 Å². The van der Waals surface area contributed by atoms with Crippen LogP contribution >= 0.6 is 11.3 Å². The third-order valence-corrected chi connectivity index (χ3v) is 2.96. The maximum Gasteiger partial charge on any atom is 0.263 e. The minimum atomic E-state index is -2.46. The molecule has 0 N–H and O–H groups in total. The Morgan fingerprint density at radius 3 is 2.44 bits per heavy atom. The first-order chi connectivity index (χ1) is 7.70. The van der Waals surface area contributed by atoms with Crippen molar-refractivity contribution in [2.75, 3.05) is 0 Å². The number of hydrogen-bond acceptors (Lipinski definition) is 3. The van der Waals surface area contributed by atoms with E-state index < -0.39 is 6.43 Å². The molecule has 0 spiro atoms. The second-order valence-electron chi connectivity index (χ2n) is 3.12. The lowest BCUT2D eigenvalue weighted by Gasteiger charge is -2.00. The monoisotopic (exact) mass is 239 g/mol. The van der Waals surface area contributed by atoms with E-state index in [1.165, 1.54) is 23.5 Å². The van der Waals surface area contributed by atoms with Gasteiger partial charge in [-0.25, -0.2) is 13.8 Å². The van der Waals surface area contributed by atoms with Crippen molar-refractivity contribution in [1.82, 2.24) is 4.98 Å². The predicted octanol–water partition coefficient (Wildman–Crippen LogP) is 3.56. The molecular weight excluding hydrogens is 232 g/mol. The number of halogens is 2. The maximum atomic E-state index is 12.3. The van der Waals surface area contributed by atoms with Crippen LogP contribution < -0.4 is 0 Å². The molecule has 5 heteroatoms. The number of benzene rings is 1. The van der Waals surface area contributed by atoms with E-state index in [1.807, 2.05) is 0 Å². The SMILES string of the molecule is O=Cc1csc(-c2ccc(C(F)F)cc2)n1. The van der Waals surface area contributed by atoms with Crippen LogP contribution in [0.2, 0.25) is 0 Å². The van der Waals surface area contributed by atoms with E-state index in [-0.39, 0.29) is 5.56 Å². The van der Waals surface area contributed by atoms with Crippen LogP contribution in [0.1, 0.15) is 22.5 Å². The summed E-state index contributed by atoms with van der Waals surface area (Å²) in [6, 6.07) is 5.88. The summed E-state index contributed by atoms with van der Waals surface area (Å²) >= 11 is 1.31. The highest BCUT2D eigenvalue weighted by Crippen LogP contribution is 2.26. The molecule has 0 unspecified atom stereocenters. The van der Waals surface area contributed by atoms with Crippen LogP contribution in [-0.4, -0.2) is 11.3 Å². The fourth-order valence-electron chi connectivity index (χ4n) is 1.24. The van der Waals surface area contributed by atoms with Crippen LogP contribution in [0.5, 0.6) is 0 Å². The van der Waals surface area contributed by atoms with Gasteiger partial charge >= 0.3 is 0 Å². The number of hydrogen-bond donors (Lipinski definition) is 0. The lowest BCUT2D eigenvalue weighted by Crippen LogP contribution is -1.84. The highest BCUT2D eigenvalue weighted by atomic mass is 32.1. The number of nitrogens with zero attached hydrogens (tertiary/aromatic N) is 1. The molecule has 1 heterocycles. The van der Waals surface area contributed by atoms with E-state index in [1.54, 1.807) is 17.5 Å². The van der Waals surface area contributed by atoms with Crippen LogP contribution in [0.25, 0.3) is 10.6 Å². The Morgan fingerprint density at radius 2 is 1.94 bits per heavy atom. The molecule has 2 aromatic rings. The van der Waals surface area contributed by atoms with E-state index in [2.05, 4.69) is 4.98 Å². The van der Waals surface area contributed by atoms with Crippen molar-refractivity contribution in [3.8, 4) is 10.6 Å². The minimum Gasteiger partial charge on any atom is -0.296 e. The summed E-state index contributed by atoms with van der Waals surface area (Å²) in [5.41, 5.74) is 1.08. The molecule has 16 heavy (non-hydrogen) atoms. The van der Waals surface area contributed by atoms with Gasteiger partial charge in [0, 0.05) is 16.5 Å². The van der Waals surface area contributed by atoms with Gasteiger partial charge in [-0.15, -0.1) is 11.3 Å². The predicted molar refractivity (Wildman–Crippen MR) is 57.9 cm³/mol. The molecule has 2 nitrogen and oxygen atoms in total. The first-order valence-corrected chi connectivity index (χ1v) is 5.38. The highest BCUT2D eigenvalue weighted by molar-refractivity contribution is 7.13. The molecular formula is C11H7F2NOS. The molecule has 82 valence electrons. The van der Waals surface area contributed by atoms with E-state index in [0.717, 1.165) is 5.56 Å². The molecule has 1 aromatic heterocycles. The van der Waals surface area contributed by atoms with Gasteiger partial charge in [0.15, 0.2) is 6.29 Å². The Morgan fingerprint density at radius 1 is 1.25 bits per heavy atom. The van der Waals surface area contributed by atoms with Gasteiger partial charge in [-0.3, -0.25) is 4.79 Å². The van der Waals surface area contributed by atoms with Crippen LogP contribution in [0.15, 0.2) is 29.6 Å². The van der Waals surface area contributed by atoms with Gasteiger partial charge < -0.3 is 0 Å². The van der Waals surface area contributed by atoms with Gasteiger partial charge in [0.05, 0.1) is 0 Å². The van der Waals surface area contributed by atoms with Crippen molar-refractivity contribution in [2.45, 2.75) is 6.43 Å². The van der Waals surface area contributed by atoms with Gasteiger partial charge in [0.2, 0.25) is 0 Å². The number of thiazole rings is 1. The van der Waals surface area contributed by atoms with E-state index in [9.17, 15) is 13.6 Å². The number of aromatic nitrogens is 1. The molecule has 2 rings (SSSR count). The average molecular weight is 239 g/mol. The minimum absolute atomic E-state index is 0.0177. The second kappa shape index (κ2) is 4.49. The topological polar surface area (TPSA) is 30.0 Å². The summed E-state index contributed by atoms with van der Waals surface area (Å²) in [4.78, 5) is 14.5. The Bertz CT molecular complexity index is 493. The van der Waals surface area contributed by atoms with Crippen molar-refractivity contribution in [3.63, 3.8) is 0 Å². The standard InChI is InChI=1S/C11H7F2NOS/c12-10(13)7-1-3-8(4-2-7)11-14-9(5-15)6-16-11/h1-6,10H. The van der Waals surface area contributed by atoms with Crippen molar-refractivity contribution in [1.29, 1.82) is 0 Å². The number of alkyl halides is 2. The summed E-state index contributed by atoms with van der Waals surface area (Å²) in [6.07, 6.45) is -1.80. The van der Waals surface area contributed by atoms with Gasteiger partial charge in [0.25, 0.3) is 6.43 Å². The molecule has 0 aliphatic rings. The second-order valence-corrected chi connectivity index (χ2v) is 3.98. The fourth-order valence-corrected chi connectivity index (χ4v) is 2.01. The average Bonchev–Trinajstić information content (AvgIpc) is 2.77. The summed E-state index contributed by atoms with van der Waals surface area (Å²) in [5, 5.41) is 2.28. The maximum absolute atomic E-state index is 12.3. The fraction of sp³-hybridized carbons (Fsp3) is 0.0909. The van der Waals surface area contributed by atoms with Crippen molar-refractivity contribution in [3.05, 3.63) is 40.9 Å². The Hall–Kier alpha value is -1.62. The van der Waals surface area contributed by atoms with E-state index in [4.69, 9.17) is 0 Å². The number of rotatable bonds is 3. The molecule has 0 saturated heterocycles. The molecule has 0 atom stereocenters. The Balaban J connectivity index is 2.30. The molecule has 0 bridgehead atoms. The van der Waals surface area contributed by atoms with Gasteiger partial charge in [-0.2, -0.15) is 0 Å². The van der Waals surface area contributed by atoms with Crippen molar-refractivity contribution in [2.24, 2.45) is 0 Å². The van der Waals surface area contributed by atoms with E-state index >= 15 is 0 Å². The van der Waals surface area contributed by atoms with Gasteiger partial charge in [0.1, 0.15) is 10.7 Å². The number of aldehydes is 1. The van der Waals surface area contributed by atoms with Gasteiger partial charge in [-0.1, -0.05) is 24.3 Å². The lowest BCUT2D eigenvalue weighted by atomic mass is 10.1. The molecule has 0 saturated carbocycles. The van der Waals surface area contributed by atoms with Crippen LogP contribution in [0, 0.1) is 0 Å². The molecule has 0 aliphatic heterocycles. The molecule has 0 radical (unpaired) electrons. The quantitative estimate of drug-likeness (QED) is 0.766. The van der Waals surface area contributed by atoms with E-state index in [0.29, 0.717) is 17.0 Å². The molecule has 0 amide bonds. The molecule has 0 fully saturated rings. The Labute approximate surface area is 94.6 Å². The van der Waals surface area contributed by atoms with Crippen LogP contribution in [0.4, 0.5) is 8.78 Å². The highest BCUT2D eigenvalue weighted by Gasteiger charge is 2.08. The summed E-state index contributed by atoms with van der Waals surface area (Å²) < 4.78 is 24.6. The van der Waals surface area contributed by atoms with Crippen molar-refractivity contribution >= 4 is 17.6 Å². The number of carbonyl (C=O) groups is 1. The summed E-state index contributed by atoms with van der Waals surface area (Å²) in [5.74, 6) is 0. The first kappa shape index (κ1) is 10.9. The largest absolute Gasteiger partial charge is 0.296 e. The Kier molecular flexibility index (Phi) is 3.05.